The van der Waals surface area contributed by atoms with Crippen molar-refractivity contribution in [1.82, 2.24) is 0 Å². The lowest BCUT2D eigenvalue weighted by Gasteiger charge is -2.01. The molecule has 2 aromatic rings. The van der Waals surface area contributed by atoms with Gasteiger partial charge >= 0.3 is 0 Å². The maximum Gasteiger partial charge on any atom is 0.185 e. The molecule has 0 aliphatic carbocycles. The van der Waals surface area contributed by atoms with Crippen LogP contribution in [0.1, 0.15) is 27.0 Å². The van der Waals surface area contributed by atoms with Crippen molar-refractivity contribution in [3.8, 4) is 0 Å². The number of aryl methyl sites for hydroxylation is 2. The second kappa shape index (κ2) is 7.28. The van der Waals surface area contributed by atoms with Gasteiger partial charge in [-0.25, -0.2) is 0 Å². The first kappa shape index (κ1) is 16.5. The van der Waals surface area contributed by atoms with Crippen LogP contribution in [0.25, 0.3) is 6.08 Å². The Labute approximate surface area is 130 Å². The van der Waals surface area contributed by atoms with E-state index in [0.717, 1.165) is 11.1 Å². The summed E-state index contributed by atoms with van der Waals surface area (Å²) in [5, 5.41) is 0.692. The summed E-state index contributed by atoms with van der Waals surface area (Å²) in [4.78, 5) is 12.0. The van der Waals surface area contributed by atoms with Crippen LogP contribution in [0.3, 0.4) is 0 Å². The number of ketones is 1. The third kappa shape index (κ3) is 4.22. The monoisotopic (exact) mass is 306 g/mol. The summed E-state index contributed by atoms with van der Waals surface area (Å²) in [6.07, 6.45) is 3.39. The van der Waals surface area contributed by atoms with E-state index in [0.29, 0.717) is 10.6 Å². The van der Waals surface area contributed by atoms with Gasteiger partial charge < -0.3 is 0 Å². The van der Waals surface area contributed by atoms with Crippen LogP contribution in [0.5, 0.6) is 0 Å². The van der Waals surface area contributed by atoms with Crippen molar-refractivity contribution in [1.29, 1.82) is 0 Å². The highest BCUT2D eigenvalue weighted by molar-refractivity contribution is 6.30. The molecule has 0 atom stereocenters. The number of hydrogen-bond acceptors (Lipinski definition) is 1. The SMILES string of the molecule is Cc1ccc(C(=O)C=Cc2ccc(Cl)cc2)cc1C.Cl. The highest BCUT2D eigenvalue weighted by atomic mass is 35.5. The van der Waals surface area contributed by atoms with Gasteiger partial charge in [-0.3, -0.25) is 4.79 Å². The molecular formula is C17H16Cl2O. The predicted molar refractivity (Wildman–Crippen MR) is 88.0 cm³/mol. The molecule has 0 bridgehead atoms. The van der Waals surface area contributed by atoms with Gasteiger partial charge in [0.2, 0.25) is 0 Å². The molecule has 0 N–H and O–H groups in total. The summed E-state index contributed by atoms with van der Waals surface area (Å²) in [6, 6.07) is 13.1. The first-order valence-corrected chi connectivity index (χ1v) is 6.49. The van der Waals surface area contributed by atoms with Crippen LogP contribution in [0, 0.1) is 13.8 Å². The Balaban J connectivity index is 0.00000200. The van der Waals surface area contributed by atoms with E-state index in [1.165, 1.54) is 5.56 Å². The second-order valence-electron chi connectivity index (χ2n) is 4.55. The number of benzene rings is 2. The molecule has 1 nitrogen and oxygen atoms in total. The number of hydrogen-bond donors (Lipinski definition) is 0. The van der Waals surface area contributed by atoms with Gasteiger partial charge in [0.05, 0.1) is 0 Å². The highest BCUT2D eigenvalue weighted by Crippen LogP contribution is 2.13. The number of allylic oxidation sites excluding steroid dienone is 1. The molecule has 104 valence electrons. The van der Waals surface area contributed by atoms with E-state index in [1.807, 2.05) is 56.3 Å². The van der Waals surface area contributed by atoms with Gasteiger partial charge in [0.25, 0.3) is 0 Å². The van der Waals surface area contributed by atoms with Gasteiger partial charge in [0.1, 0.15) is 0 Å². The first-order chi connectivity index (χ1) is 9.06. The molecule has 0 saturated carbocycles. The van der Waals surface area contributed by atoms with Crippen molar-refractivity contribution in [2.45, 2.75) is 13.8 Å². The predicted octanol–water partition coefficient (Wildman–Crippen LogP) is 5.27. The van der Waals surface area contributed by atoms with Crippen molar-refractivity contribution in [3.63, 3.8) is 0 Å². The summed E-state index contributed by atoms with van der Waals surface area (Å²) >= 11 is 5.81. The van der Waals surface area contributed by atoms with Crippen molar-refractivity contribution in [3.05, 3.63) is 75.8 Å². The second-order valence-corrected chi connectivity index (χ2v) is 4.98. The fourth-order valence-electron chi connectivity index (χ4n) is 1.74. The third-order valence-corrected chi connectivity index (χ3v) is 3.34. The molecule has 0 unspecified atom stereocenters. The maximum absolute atomic E-state index is 12.0. The lowest BCUT2D eigenvalue weighted by molar-refractivity contribution is 0.104. The zero-order valence-electron chi connectivity index (χ0n) is 11.4. The standard InChI is InChI=1S/C17H15ClO.ClH/c1-12-3-7-15(11-13(12)2)17(19)10-6-14-4-8-16(18)9-5-14;/h3-11H,1-2H3;1H. The molecule has 2 rings (SSSR count). The molecule has 0 amide bonds. The highest BCUT2D eigenvalue weighted by Gasteiger charge is 2.03. The average Bonchev–Trinajstić information content (AvgIpc) is 2.41. The minimum absolute atomic E-state index is 0. The first-order valence-electron chi connectivity index (χ1n) is 6.11. The normalized spacial score (nSPS) is 10.3. The molecule has 0 heterocycles. The number of carbonyl (C=O) groups is 1. The van der Waals surface area contributed by atoms with Crippen LogP contribution < -0.4 is 0 Å². The van der Waals surface area contributed by atoms with E-state index in [-0.39, 0.29) is 18.2 Å². The molecule has 0 radical (unpaired) electrons. The van der Waals surface area contributed by atoms with Crippen molar-refractivity contribution < 1.29 is 4.79 Å². The number of halogens is 2. The quantitative estimate of drug-likeness (QED) is 0.557. The minimum Gasteiger partial charge on any atom is -0.289 e. The zero-order chi connectivity index (χ0) is 13.8. The molecule has 0 fully saturated rings. The summed E-state index contributed by atoms with van der Waals surface area (Å²) in [6.45, 7) is 4.04. The van der Waals surface area contributed by atoms with Gasteiger partial charge in [-0.15, -0.1) is 12.4 Å². The Kier molecular flexibility index (Phi) is 6.00. The molecule has 2 aromatic carbocycles. The van der Waals surface area contributed by atoms with Crippen molar-refractivity contribution in [2.75, 3.05) is 0 Å². The zero-order valence-corrected chi connectivity index (χ0v) is 13.0. The van der Waals surface area contributed by atoms with E-state index in [9.17, 15) is 4.79 Å². The van der Waals surface area contributed by atoms with Gasteiger partial charge in [-0.05, 0) is 54.8 Å². The smallest absolute Gasteiger partial charge is 0.185 e. The van der Waals surface area contributed by atoms with Crippen LogP contribution in [0.15, 0.2) is 48.5 Å². The average molecular weight is 307 g/mol. The van der Waals surface area contributed by atoms with E-state index in [1.54, 1.807) is 12.2 Å². The Morgan fingerprint density at radius 1 is 1.00 bits per heavy atom. The Morgan fingerprint density at radius 3 is 2.25 bits per heavy atom. The van der Waals surface area contributed by atoms with Crippen LogP contribution in [0.4, 0.5) is 0 Å². The fourth-order valence-corrected chi connectivity index (χ4v) is 1.86. The summed E-state index contributed by atoms with van der Waals surface area (Å²) in [5.74, 6) is 0.0121. The summed E-state index contributed by atoms with van der Waals surface area (Å²) in [5.41, 5.74) is 4.00. The Bertz CT molecular complexity index is 628. The molecule has 0 saturated heterocycles. The lowest BCUT2D eigenvalue weighted by atomic mass is 10.0. The lowest BCUT2D eigenvalue weighted by Crippen LogP contribution is -1.95. The molecule has 0 aliphatic rings. The van der Waals surface area contributed by atoms with Gasteiger partial charge in [0.15, 0.2) is 5.78 Å². The van der Waals surface area contributed by atoms with Crippen LogP contribution in [0.2, 0.25) is 5.02 Å². The summed E-state index contributed by atoms with van der Waals surface area (Å²) < 4.78 is 0. The molecule has 20 heavy (non-hydrogen) atoms. The van der Waals surface area contributed by atoms with Gasteiger partial charge in [-0.2, -0.15) is 0 Å². The number of rotatable bonds is 3. The van der Waals surface area contributed by atoms with Crippen molar-refractivity contribution in [2.24, 2.45) is 0 Å². The summed E-state index contributed by atoms with van der Waals surface area (Å²) in [7, 11) is 0. The van der Waals surface area contributed by atoms with Crippen LogP contribution >= 0.6 is 24.0 Å². The molecular weight excluding hydrogens is 291 g/mol. The van der Waals surface area contributed by atoms with E-state index in [4.69, 9.17) is 11.6 Å². The van der Waals surface area contributed by atoms with Gasteiger partial charge in [-0.1, -0.05) is 41.9 Å². The molecule has 0 aliphatic heterocycles. The topological polar surface area (TPSA) is 17.1 Å². The fraction of sp³-hybridized carbons (Fsp3) is 0.118. The minimum atomic E-state index is 0. The largest absolute Gasteiger partial charge is 0.289 e. The van der Waals surface area contributed by atoms with Crippen LogP contribution in [-0.4, -0.2) is 5.78 Å². The third-order valence-electron chi connectivity index (χ3n) is 3.09. The Morgan fingerprint density at radius 2 is 1.65 bits per heavy atom. The van der Waals surface area contributed by atoms with E-state index >= 15 is 0 Å². The van der Waals surface area contributed by atoms with Crippen molar-refractivity contribution >= 4 is 35.9 Å². The molecule has 0 aromatic heterocycles. The molecule has 3 heteroatoms. The van der Waals surface area contributed by atoms with E-state index < -0.39 is 0 Å². The van der Waals surface area contributed by atoms with E-state index in [2.05, 4.69) is 0 Å². The van der Waals surface area contributed by atoms with Gasteiger partial charge in [0, 0.05) is 10.6 Å². The molecule has 0 spiro atoms. The van der Waals surface area contributed by atoms with Crippen LogP contribution in [-0.2, 0) is 0 Å². The maximum atomic E-state index is 12.0. The Hall–Kier alpha value is -1.57. The number of carbonyl (C=O) groups excluding carboxylic acids is 1.